The van der Waals surface area contributed by atoms with Gasteiger partial charge in [0, 0.05) is 12.2 Å². The van der Waals surface area contributed by atoms with Crippen LogP contribution in [0.15, 0.2) is 48.5 Å². The Morgan fingerprint density at radius 3 is 2.46 bits per heavy atom. The van der Waals surface area contributed by atoms with Gasteiger partial charge < -0.3 is 14.8 Å². The van der Waals surface area contributed by atoms with Crippen molar-refractivity contribution in [3.8, 4) is 11.5 Å². The number of hydrogen-bond acceptors (Lipinski definition) is 4. The maximum Gasteiger partial charge on any atom is 0.387 e. The lowest BCUT2D eigenvalue weighted by molar-refractivity contribution is -0.120. The number of amides is 1. The SMILES string of the molecule is COc1cc(CN(C)C(C)C(=O)Nc2ccccc2)ccc1OC(F)F. The number of benzene rings is 2. The number of nitrogens with one attached hydrogen (secondary N) is 1. The van der Waals surface area contributed by atoms with Crippen LogP contribution in [0.5, 0.6) is 11.5 Å². The average molecular weight is 364 g/mol. The molecule has 2 aromatic carbocycles. The number of carbonyl (C=O) groups is 1. The van der Waals surface area contributed by atoms with E-state index in [9.17, 15) is 13.6 Å². The number of alkyl halides is 2. The van der Waals surface area contributed by atoms with E-state index in [2.05, 4.69) is 10.1 Å². The molecule has 0 saturated carbocycles. The van der Waals surface area contributed by atoms with Crippen molar-refractivity contribution in [1.82, 2.24) is 4.90 Å². The van der Waals surface area contributed by atoms with Crippen molar-refractivity contribution in [3.63, 3.8) is 0 Å². The molecular formula is C19H22F2N2O3. The Morgan fingerprint density at radius 2 is 1.85 bits per heavy atom. The first-order chi connectivity index (χ1) is 12.4. The number of ether oxygens (including phenoxy) is 2. The highest BCUT2D eigenvalue weighted by Gasteiger charge is 2.19. The van der Waals surface area contributed by atoms with Crippen LogP contribution < -0.4 is 14.8 Å². The van der Waals surface area contributed by atoms with Crippen LogP contribution in [0.1, 0.15) is 12.5 Å². The van der Waals surface area contributed by atoms with Gasteiger partial charge >= 0.3 is 6.61 Å². The molecule has 0 heterocycles. The van der Waals surface area contributed by atoms with Crippen molar-refractivity contribution < 1.29 is 23.0 Å². The third-order valence-electron chi connectivity index (χ3n) is 3.96. The lowest BCUT2D eigenvalue weighted by atomic mass is 10.1. The average Bonchev–Trinajstić information content (AvgIpc) is 2.62. The monoisotopic (exact) mass is 364 g/mol. The van der Waals surface area contributed by atoms with Gasteiger partial charge in [-0.3, -0.25) is 9.69 Å². The molecule has 26 heavy (non-hydrogen) atoms. The summed E-state index contributed by atoms with van der Waals surface area (Å²) in [5.74, 6) is 0.0599. The van der Waals surface area contributed by atoms with Crippen LogP contribution in [0, 0.1) is 0 Å². The van der Waals surface area contributed by atoms with E-state index in [0.717, 1.165) is 11.3 Å². The third kappa shape index (κ3) is 5.42. The van der Waals surface area contributed by atoms with Gasteiger partial charge in [-0.25, -0.2) is 0 Å². The minimum absolute atomic E-state index is 0.0243. The van der Waals surface area contributed by atoms with Gasteiger partial charge in [0.15, 0.2) is 11.5 Å². The van der Waals surface area contributed by atoms with E-state index in [1.54, 1.807) is 19.1 Å². The topological polar surface area (TPSA) is 50.8 Å². The number of nitrogens with zero attached hydrogens (tertiary/aromatic N) is 1. The van der Waals surface area contributed by atoms with E-state index >= 15 is 0 Å². The highest BCUT2D eigenvalue weighted by molar-refractivity contribution is 5.94. The quantitative estimate of drug-likeness (QED) is 0.775. The second kappa shape index (κ2) is 9.15. The maximum absolute atomic E-state index is 12.4. The molecule has 7 heteroatoms. The van der Waals surface area contributed by atoms with E-state index < -0.39 is 12.7 Å². The highest BCUT2D eigenvalue weighted by atomic mass is 19.3. The van der Waals surface area contributed by atoms with Crippen molar-refractivity contribution in [2.24, 2.45) is 0 Å². The molecule has 0 bridgehead atoms. The summed E-state index contributed by atoms with van der Waals surface area (Å²) in [6.07, 6.45) is 0. The standard InChI is InChI=1S/C19H22F2N2O3/c1-13(18(24)22-15-7-5-4-6-8-15)23(2)12-14-9-10-16(26-19(20)21)17(11-14)25-3/h4-11,13,19H,12H2,1-3H3,(H,22,24). The Labute approximate surface area is 151 Å². The van der Waals surface area contributed by atoms with Crippen LogP contribution in [0.3, 0.4) is 0 Å². The van der Waals surface area contributed by atoms with Crippen LogP contribution >= 0.6 is 0 Å². The number of anilines is 1. The lowest BCUT2D eigenvalue weighted by Crippen LogP contribution is -2.39. The van der Waals surface area contributed by atoms with E-state index in [4.69, 9.17) is 4.74 Å². The summed E-state index contributed by atoms with van der Waals surface area (Å²) in [5, 5.41) is 2.85. The Balaban J connectivity index is 2.01. The van der Waals surface area contributed by atoms with Gasteiger partial charge in [-0.1, -0.05) is 24.3 Å². The summed E-state index contributed by atoms with van der Waals surface area (Å²) in [6, 6.07) is 13.5. The molecule has 0 aromatic heterocycles. The number of hydrogen-bond donors (Lipinski definition) is 1. The van der Waals surface area contributed by atoms with Gasteiger partial charge in [0.25, 0.3) is 0 Å². The minimum Gasteiger partial charge on any atom is -0.493 e. The van der Waals surface area contributed by atoms with Gasteiger partial charge in [0.1, 0.15) is 0 Å². The normalized spacial score (nSPS) is 12.1. The Morgan fingerprint density at radius 1 is 1.15 bits per heavy atom. The van der Waals surface area contributed by atoms with Gasteiger partial charge in [-0.05, 0) is 43.8 Å². The number of likely N-dealkylation sites (N-methyl/N-ethyl adjacent to an activating group) is 1. The van der Waals surface area contributed by atoms with Crippen LogP contribution in [0.2, 0.25) is 0 Å². The van der Waals surface area contributed by atoms with Crippen molar-refractivity contribution in [2.45, 2.75) is 26.1 Å². The zero-order valence-corrected chi connectivity index (χ0v) is 14.9. The Kier molecular flexibility index (Phi) is 6.91. The molecular weight excluding hydrogens is 342 g/mol. The molecule has 0 saturated heterocycles. The summed E-state index contributed by atoms with van der Waals surface area (Å²) in [4.78, 5) is 14.2. The van der Waals surface area contributed by atoms with E-state index in [0.29, 0.717) is 6.54 Å². The number of para-hydroxylation sites is 1. The lowest BCUT2D eigenvalue weighted by Gasteiger charge is -2.24. The van der Waals surface area contributed by atoms with Gasteiger partial charge in [0.2, 0.25) is 5.91 Å². The molecule has 1 amide bonds. The zero-order chi connectivity index (χ0) is 19.1. The largest absolute Gasteiger partial charge is 0.493 e. The van der Waals surface area contributed by atoms with Gasteiger partial charge in [-0.2, -0.15) is 8.78 Å². The Bertz CT molecular complexity index is 726. The summed E-state index contributed by atoms with van der Waals surface area (Å²) in [5.41, 5.74) is 1.54. The first-order valence-corrected chi connectivity index (χ1v) is 8.08. The maximum atomic E-state index is 12.4. The Hall–Kier alpha value is -2.67. The third-order valence-corrected chi connectivity index (χ3v) is 3.96. The molecule has 140 valence electrons. The van der Waals surface area contributed by atoms with Crippen molar-refractivity contribution in [1.29, 1.82) is 0 Å². The fraction of sp³-hybridized carbons (Fsp3) is 0.316. The molecule has 1 N–H and O–H groups in total. The second-order valence-corrected chi connectivity index (χ2v) is 5.81. The van der Waals surface area contributed by atoms with E-state index in [1.807, 2.05) is 42.3 Å². The molecule has 0 fully saturated rings. The van der Waals surface area contributed by atoms with Crippen LogP contribution in [-0.4, -0.2) is 37.6 Å². The van der Waals surface area contributed by atoms with E-state index in [-0.39, 0.29) is 17.4 Å². The van der Waals surface area contributed by atoms with Crippen LogP contribution in [-0.2, 0) is 11.3 Å². The number of carbonyl (C=O) groups excluding carboxylic acids is 1. The molecule has 5 nitrogen and oxygen atoms in total. The molecule has 0 aliphatic rings. The predicted octanol–water partition coefficient (Wildman–Crippen LogP) is 3.76. The molecule has 0 aliphatic heterocycles. The highest BCUT2D eigenvalue weighted by Crippen LogP contribution is 2.30. The number of methoxy groups -OCH3 is 1. The van der Waals surface area contributed by atoms with Gasteiger partial charge in [0.05, 0.1) is 13.2 Å². The zero-order valence-electron chi connectivity index (χ0n) is 14.9. The molecule has 0 spiro atoms. The fourth-order valence-corrected chi connectivity index (χ4v) is 2.40. The summed E-state index contributed by atoms with van der Waals surface area (Å²) in [7, 11) is 3.20. The summed E-state index contributed by atoms with van der Waals surface area (Å²) < 4.78 is 34.3. The summed E-state index contributed by atoms with van der Waals surface area (Å²) >= 11 is 0. The minimum atomic E-state index is -2.92. The molecule has 2 aromatic rings. The number of rotatable bonds is 8. The smallest absolute Gasteiger partial charge is 0.387 e. The van der Waals surface area contributed by atoms with Crippen molar-refractivity contribution in [3.05, 3.63) is 54.1 Å². The molecule has 0 aliphatic carbocycles. The molecule has 1 unspecified atom stereocenters. The summed E-state index contributed by atoms with van der Waals surface area (Å²) in [6.45, 7) is -0.683. The van der Waals surface area contributed by atoms with Gasteiger partial charge in [-0.15, -0.1) is 0 Å². The molecule has 2 rings (SSSR count). The van der Waals surface area contributed by atoms with Crippen LogP contribution in [0.25, 0.3) is 0 Å². The first-order valence-electron chi connectivity index (χ1n) is 8.08. The van der Waals surface area contributed by atoms with E-state index in [1.165, 1.54) is 13.2 Å². The van der Waals surface area contributed by atoms with Crippen molar-refractivity contribution >= 4 is 11.6 Å². The van der Waals surface area contributed by atoms with Crippen molar-refractivity contribution in [2.75, 3.05) is 19.5 Å². The van der Waals surface area contributed by atoms with Crippen LogP contribution in [0.4, 0.5) is 14.5 Å². The second-order valence-electron chi connectivity index (χ2n) is 5.81. The fourth-order valence-electron chi connectivity index (χ4n) is 2.40. The molecule has 1 atom stereocenters. The predicted molar refractivity (Wildman–Crippen MR) is 95.6 cm³/mol. The first kappa shape index (κ1) is 19.7. The number of halogens is 2. The molecule has 0 radical (unpaired) electrons.